The maximum absolute atomic E-state index is 12.6. The molecule has 4 rings (SSSR count). The molecule has 6 nitrogen and oxygen atoms in total. The van der Waals surface area contributed by atoms with Crippen molar-refractivity contribution >= 4 is 11.7 Å². The van der Waals surface area contributed by atoms with Crippen molar-refractivity contribution in [3.63, 3.8) is 0 Å². The van der Waals surface area contributed by atoms with Gasteiger partial charge in [-0.3, -0.25) is 0 Å². The minimum atomic E-state index is -0.0468. The SMILES string of the molecule is Cc1nn(-c2ccccc2)cc1NC(=O)N1CC[C@@]2(CCOC2)C1. The van der Waals surface area contributed by atoms with E-state index in [1.807, 2.05) is 48.4 Å². The molecule has 1 atom stereocenters. The fraction of sp³-hybridized carbons (Fsp3) is 0.444. The van der Waals surface area contributed by atoms with E-state index in [2.05, 4.69) is 10.4 Å². The number of likely N-dealkylation sites (tertiary alicyclic amines) is 1. The van der Waals surface area contributed by atoms with Crippen LogP contribution in [0.15, 0.2) is 36.5 Å². The standard InChI is InChI=1S/C18H22N4O2/c1-14-16(11-22(20-14)15-5-3-2-4-6-15)19-17(23)21-9-7-18(12-21)8-10-24-13-18/h2-6,11H,7-10,12-13H2,1H3,(H,19,23)/t18-/m1/s1. The van der Waals surface area contributed by atoms with E-state index in [4.69, 9.17) is 4.74 Å². The van der Waals surface area contributed by atoms with Crippen LogP contribution in [0.2, 0.25) is 0 Å². The number of anilines is 1. The highest BCUT2D eigenvalue weighted by molar-refractivity contribution is 5.90. The Morgan fingerprint density at radius 1 is 1.29 bits per heavy atom. The molecule has 2 saturated heterocycles. The number of ether oxygens (including phenoxy) is 1. The van der Waals surface area contributed by atoms with E-state index in [1.54, 1.807) is 4.68 Å². The van der Waals surface area contributed by atoms with Crippen molar-refractivity contribution in [3.05, 3.63) is 42.2 Å². The first-order chi connectivity index (χ1) is 11.7. The van der Waals surface area contributed by atoms with Crippen molar-refractivity contribution in [1.29, 1.82) is 0 Å². The number of aryl methyl sites for hydroxylation is 1. The molecule has 24 heavy (non-hydrogen) atoms. The van der Waals surface area contributed by atoms with Gasteiger partial charge in [-0.05, 0) is 31.9 Å². The van der Waals surface area contributed by atoms with Gasteiger partial charge >= 0.3 is 6.03 Å². The third kappa shape index (κ3) is 2.78. The Kier molecular flexibility index (Phi) is 3.76. The average molecular weight is 326 g/mol. The molecule has 2 aliphatic heterocycles. The van der Waals surface area contributed by atoms with Gasteiger partial charge in [0.05, 0.1) is 29.9 Å². The lowest BCUT2D eigenvalue weighted by Crippen LogP contribution is -2.35. The van der Waals surface area contributed by atoms with Crippen molar-refractivity contribution in [3.8, 4) is 5.69 Å². The minimum Gasteiger partial charge on any atom is -0.381 e. The number of benzene rings is 1. The Morgan fingerprint density at radius 3 is 2.88 bits per heavy atom. The van der Waals surface area contributed by atoms with Crippen molar-refractivity contribution in [2.24, 2.45) is 5.41 Å². The molecule has 2 amide bonds. The van der Waals surface area contributed by atoms with Crippen molar-refractivity contribution in [2.75, 3.05) is 31.6 Å². The van der Waals surface area contributed by atoms with Crippen molar-refractivity contribution in [1.82, 2.24) is 14.7 Å². The lowest BCUT2D eigenvalue weighted by Gasteiger charge is -2.22. The Balaban J connectivity index is 1.46. The highest BCUT2D eigenvalue weighted by Gasteiger charge is 2.42. The predicted molar refractivity (Wildman–Crippen MR) is 91.4 cm³/mol. The maximum Gasteiger partial charge on any atom is 0.321 e. The Labute approximate surface area is 141 Å². The number of carbonyl (C=O) groups excluding carboxylic acids is 1. The predicted octanol–water partition coefficient (Wildman–Crippen LogP) is 2.83. The van der Waals surface area contributed by atoms with Crippen LogP contribution < -0.4 is 5.32 Å². The van der Waals surface area contributed by atoms with Gasteiger partial charge in [0, 0.05) is 25.1 Å². The smallest absolute Gasteiger partial charge is 0.321 e. The fourth-order valence-electron chi connectivity index (χ4n) is 3.57. The summed E-state index contributed by atoms with van der Waals surface area (Å²) >= 11 is 0. The van der Waals surface area contributed by atoms with Crippen LogP contribution >= 0.6 is 0 Å². The maximum atomic E-state index is 12.6. The molecule has 0 unspecified atom stereocenters. The van der Waals surface area contributed by atoms with Crippen molar-refractivity contribution in [2.45, 2.75) is 19.8 Å². The summed E-state index contributed by atoms with van der Waals surface area (Å²) in [6, 6.07) is 9.84. The highest BCUT2D eigenvalue weighted by Crippen LogP contribution is 2.38. The van der Waals surface area contributed by atoms with Crippen molar-refractivity contribution < 1.29 is 9.53 Å². The molecule has 0 radical (unpaired) electrons. The normalized spacial score (nSPS) is 23.1. The second-order valence-electron chi connectivity index (χ2n) is 6.81. The Hall–Kier alpha value is -2.34. The summed E-state index contributed by atoms with van der Waals surface area (Å²) in [4.78, 5) is 14.5. The van der Waals surface area contributed by atoms with Gasteiger partial charge < -0.3 is 15.0 Å². The van der Waals surface area contributed by atoms with Crippen LogP contribution in [0.1, 0.15) is 18.5 Å². The van der Waals surface area contributed by atoms with E-state index in [0.717, 1.165) is 56.2 Å². The summed E-state index contributed by atoms with van der Waals surface area (Å²) in [6.07, 6.45) is 3.96. The molecular formula is C18H22N4O2. The van der Waals surface area contributed by atoms with Gasteiger partial charge in [0.15, 0.2) is 0 Å². The number of nitrogens with zero attached hydrogens (tertiary/aromatic N) is 3. The van der Waals surface area contributed by atoms with Crippen LogP contribution in [0.25, 0.3) is 5.69 Å². The largest absolute Gasteiger partial charge is 0.381 e. The molecule has 126 valence electrons. The molecule has 0 saturated carbocycles. The molecule has 1 spiro atoms. The second kappa shape index (κ2) is 5.94. The van der Waals surface area contributed by atoms with Gasteiger partial charge in [-0.25, -0.2) is 9.48 Å². The lowest BCUT2D eigenvalue weighted by atomic mass is 9.87. The van der Waals surface area contributed by atoms with E-state index in [0.29, 0.717) is 0 Å². The number of hydrogen-bond donors (Lipinski definition) is 1. The molecule has 0 aliphatic carbocycles. The topological polar surface area (TPSA) is 59.4 Å². The number of rotatable bonds is 2. The van der Waals surface area contributed by atoms with E-state index >= 15 is 0 Å². The molecule has 3 heterocycles. The van der Waals surface area contributed by atoms with Gasteiger partial charge in [0.1, 0.15) is 0 Å². The fourth-order valence-corrected chi connectivity index (χ4v) is 3.57. The molecule has 6 heteroatoms. The van der Waals surface area contributed by atoms with E-state index in [-0.39, 0.29) is 11.4 Å². The lowest BCUT2D eigenvalue weighted by molar-refractivity contribution is 0.154. The average Bonchev–Trinajstić information content (AvgIpc) is 3.32. The highest BCUT2D eigenvalue weighted by atomic mass is 16.5. The number of aromatic nitrogens is 2. The monoisotopic (exact) mass is 326 g/mol. The van der Waals surface area contributed by atoms with Gasteiger partial charge in [0.25, 0.3) is 0 Å². The number of urea groups is 1. The van der Waals surface area contributed by atoms with Crippen LogP contribution in [0.3, 0.4) is 0 Å². The number of hydrogen-bond acceptors (Lipinski definition) is 3. The number of nitrogens with one attached hydrogen (secondary N) is 1. The first kappa shape index (κ1) is 15.2. The molecule has 1 aromatic carbocycles. The van der Waals surface area contributed by atoms with Gasteiger partial charge in [-0.2, -0.15) is 5.10 Å². The quantitative estimate of drug-likeness (QED) is 0.923. The first-order valence-corrected chi connectivity index (χ1v) is 8.41. The molecule has 2 aliphatic rings. The van der Waals surface area contributed by atoms with Crippen LogP contribution in [-0.4, -0.2) is 47.0 Å². The number of carbonyl (C=O) groups is 1. The summed E-state index contributed by atoms with van der Waals surface area (Å²) < 4.78 is 7.32. The van der Waals surface area contributed by atoms with Crippen LogP contribution in [0.5, 0.6) is 0 Å². The molecule has 1 aromatic heterocycles. The first-order valence-electron chi connectivity index (χ1n) is 8.41. The molecular weight excluding hydrogens is 304 g/mol. The minimum absolute atomic E-state index is 0.0468. The third-order valence-electron chi connectivity index (χ3n) is 5.07. The van der Waals surface area contributed by atoms with Crippen LogP contribution in [-0.2, 0) is 4.74 Å². The Bertz CT molecular complexity index is 735. The van der Waals surface area contributed by atoms with E-state index in [1.165, 1.54) is 0 Å². The van der Waals surface area contributed by atoms with E-state index in [9.17, 15) is 4.79 Å². The summed E-state index contributed by atoms with van der Waals surface area (Å²) in [5.74, 6) is 0. The zero-order valence-corrected chi connectivity index (χ0v) is 13.9. The molecule has 2 aromatic rings. The summed E-state index contributed by atoms with van der Waals surface area (Å²) in [5, 5.41) is 7.51. The summed E-state index contributed by atoms with van der Waals surface area (Å²) in [7, 11) is 0. The summed E-state index contributed by atoms with van der Waals surface area (Å²) in [6.45, 7) is 5.08. The van der Waals surface area contributed by atoms with Gasteiger partial charge in [-0.15, -0.1) is 0 Å². The van der Waals surface area contributed by atoms with Gasteiger partial charge in [-0.1, -0.05) is 18.2 Å². The third-order valence-corrected chi connectivity index (χ3v) is 5.07. The zero-order chi connectivity index (χ0) is 16.6. The zero-order valence-electron chi connectivity index (χ0n) is 13.9. The second-order valence-corrected chi connectivity index (χ2v) is 6.81. The van der Waals surface area contributed by atoms with Crippen LogP contribution in [0.4, 0.5) is 10.5 Å². The molecule has 2 fully saturated rings. The Morgan fingerprint density at radius 2 is 2.12 bits per heavy atom. The van der Waals surface area contributed by atoms with Crippen LogP contribution in [0, 0.1) is 12.3 Å². The van der Waals surface area contributed by atoms with E-state index < -0.39 is 0 Å². The number of para-hydroxylation sites is 1. The molecule has 0 bridgehead atoms. The molecule has 1 N–H and O–H groups in total. The summed E-state index contributed by atoms with van der Waals surface area (Å²) in [5.41, 5.74) is 2.72. The van der Waals surface area contributed by atoms with Gasteiger partial charge in [0.2, 0.25) is 0 Å². The number of amides is 2.